The predicted molar refractivity (Wildman–Crippen MR) is 53.4 cm³/mol. The van der Waals surface area contributed by atoms with Gasteiger partial charge in [0, 0.05) is 18.3 Å². The number of rotatable bonds is 1. The van der Waals surface area contributed by atoms with Crippen molar-refractivity contribution in [1.29, 1.82) is 0 Å². The van der Waals surface area contributed by atoms with Crippen LogP contribution in [0.1, 0.15) is 5.56 Å². The molecule has 1 aromatic heterocycles. The van der Waals surface area contributed by atoms with Crippen LogP contribution in [-0.4, -0.2) is 20.2 Å². The monoisotopic (exact) mass is 189 g/mol. The van der Waals surface area contributed by atoms with Gasteiger partial charge in [-0.2, -0.15) is 0 Å². The van der Waals surface area contributed by atoms with Gasteiger partial charge in [0.1, 0.15) is 0 Å². The lowest BCUT2D eigenvalue weighted by molar-refractivity contribution is 0.714. The molecule has 0 aliphatic rings. The van der Waals surface area contributed by atoms with Gasteiger partial charge in [-0.3, -0.25) is 0 Å². The van der Waals surface area contributed by atoms with Gasteiger partial charge in [-0.05, 0) is 41.1 Å². The third-order valence-corrected chi connectivity index (χ3v) is 1.98. The van der Waals surface area contributed by atoms with Gasteiger partial charge in [0.05, 0.1) is 0 Å². The van der Waals surface area contributed by atoms with Crippen molar-refractivity contribution >= 4 is 5.69 Å². The van der Waals surface area contributed by atoms with Gasteiger partial charge in [-0.15, -0.1) is 5.10 Å². The fraction of sp³-hybridized carbons (Fsp3) is 0.222. The number of nitrogens with zero attached hydrogens (tertiary/aromatic N) is 4. The Morgan fingerprint density at radius 1 is 1.29 bits per heavy atom. The summed E-state index contributed by atoms with van der Waals surface area (Å²) in [6.07, 6.45) is 0. The molecule has 0 atom stereocenters. The van der Waals surface area contributed by atoms with Crippen molar-refractivity contribution in [2.24, 2.45) is 7.05 Å². The summed E-state index contributed by atoms with van der Waals surface area (Å²) < 4.78 is 1.62. The molecule has 0 unspecified atom stereocenters. The largest absolute Gasteiger partial charge is 0.399 e. The Morgan fingerprint density at radius 2 is 2.07 bits per heavy atom. The van der Waals surface area contributed by atoms with E-state index in [-0.39, 0.29) is 0 Å². The first kappa shape index (κ1) is 8.68. The smallest absolute Gasteiger partial charge is 0.181 e. The average Bonchev–Trinajstić information content (AvgIpc) is 2.49. The van der Waals surface area contributed by atoms with Crippen LogP contribution in [0, 0.1) is 6.92 Å². The summed E-state index contributed by atoms with van der Waals surface area (Å²) in [6.45, 7) is 1.99. The Kier molecular flexibility index (Phi) is 1.92. The minimum absolute atomic E-state index is 0.723. The molecule has 2 aromatic rings. The molecular weight excluding hydrogens is 178 g/mol. The van der Waals surface area contributed by atoms with Gasteiger partial charge in [0.15, 0.2) is 5.82 Å². The Balaban J connectivity index is 2.57. The molecule has 0 amide bonds. The summed E-state index contributed by atoms with van der Waals surface area (Å²) in [5.41, 5.74) is 8.50. The summed E-state index contributed by atoms with van der Waals surface area (Å²) in [7, 11) is 1.80. The van der Waals surface area contributed by atoms with E-state index in [4.69, 9.17) is 5.73 Å². The van der Waals surface area contributed by atoms with Crippen LogP contribution < -0.4 is 5.73 Å². The number of anilines is 1. The van der Waals surface area contributed by atoms with E-state index in [1.807, 2.05) is 25.1 Å². The van der Waals surface area contributed by atoms with E-state index in [0.717, 1.165) is 22.6 Å². The molecule has 0 radical (unpaired) electrons. The maximum Gasteiger partial charge on any atom is 0.181 e. The molecular formula is C9H11N5. The van der Waals surface area contributed by atoms with Crippen molar-refractivity contribution in [1.82, 2.24) is 20.2 Å². The quantitative estimate of drug-likeness (QED) is 0.672. The molecule has 0 saturated heterocycles. The highest BCUT2D eigenvalue weighted by Gasteiger charge is 2.06. The second-order valence-electron chi connectivity index (χ2n) is 3.26. The van der Waals surface area contributed by atoms with Gasteiger partial charge in [-0.25, -0.2) is 4.68 Å². The van der Waals surface area contributed by atoms with Crippen LogP contribution in [0.3, 0.4) is 0 Å². The van der Waals surface area contributed by atoms with Crippen molar-refractivity contribution in [3.63, 3.8) is 0 Å². The Bertz CT molecular complexity index is 440. The van der Waals surface area contributed by atoms with E-state index in [1.165, 1.54) is 0 Å². The maximum absolute atomic E-state index is 5.74. The highest BCUT2D eigenvalue weighted by Crippen LogP contribution is 2.19. The number of aryl methyl sites for hydroxylation is 2. The molecule has 5 heteroatoms. The zero-order chi connectivity index (χ0) is 10.1. The van der Waals surface area contributed by atoms with Crippen LogP contribution in [0.4, 0.5) is 5.69 Å². The number of nitrogens with two attached hydrogens (primary N) is 1. The summed E-state index contributed by atoms with van der Waals surface area (Å²) in [6, 6.07) is 5.77. The van der Waals surface area contributed by atoms with Crippen LogP contribution >= 0.6 is 0 Å². The Hall–Kier alpha value is -1.91. The molecule has 0 aliphatic heterocycles. The molecule has 5 nitrogen and oxygen atoms in total. The normalized spacial score (nSPS) is 10.4. The Morgan fingerprint density at radius 3 is 2.64 bits per heavy atom. The van der Waals surface area contributed by atoms with Crippen molar-refractivity contribution < 1.29 is 0 Å². The summed E-state index contributed by atoms with van der Waals surface area (Å²) in [5, 5.41) is 11.3. The number of aromatic nitrogens is 4. The molecule has 1 aromatic carbocycles. The van der Waals surface area contributed by atoms with Crippen LogP contribution in [0.5, 0.6) is 0 Å². The van der Waals surface area contributed by atoms with Gasteiger partial charge in [0.2, 0.25) is 0 Å². The Labute approximate surface area is 81.5 Å². The van der Waals surface area contributed by atoms with Crippen LogP contribution in [0.2, 0.25) is 0 Å². The predicted octanol–water partition coefficient (Wildman–Crippen LogP) is 0.768. The lowest BCUT2D eigenvalue weighted by Crippen LogP contribution is -1.96. The lowest BCUT2D eigenvalue weighted by Gasteiger charge is -2.02. The van der Waals surface area contributed by atoms with E-state index < -0.39 is 0 Å². The van der Waals surface area contributed by atoms with E-state index in [9.17, 15) is 0 Å². The third-order valence-electron chi connectivity index (χ3n) is 1.98. The zero-order valence-electron chi connectivity index (χ0n) is 8.10. The fourth-order valence-electron chi connectivity index (χ4n) is 1.42. The van der Waals surface area contributed by atoms with E-state index in [1.54, 1.807) is 11.7 Å². The van der Waals surface area contributed by atoms with Crippen molar-refractivity contribution in [3.8, 4) is 11.4 Å². The summed E-state index contributed by atoms with van der Waals surface area (Å²) >= 11 is 0. The van der Waals surface area contributed by atoms with E-state index >= 15 is 0 Å². The average molecular weight is 189 g/mol. The summed E-state index contributed by atoms with van der Waals surface area (Å²) in [5.74, 6) is 0.723. The molecule has 0 spiro atoms. The highest BCUT2D eigenvalue weighted by atomic mass is 15.5. The number of benzene rings is 1. The molecule has 14 heavy (non-hydrogen) atoms. The molecule has 0 bridgehead atoms. The molecule has 0 aliphatic carbocycles. The minimum atomic E-state index is 0.723. The van der Waals surface area contributed by atoms with Crippen LogP contribution in [0.15, 0.2) is 18.2 Å². The van der Waals surface area contributed by atoms with Gasteiger partial charge in [-0.1, -0.05) is 0 Å². The van der Waals surface area contributed by atoms with E-state index in [2.05, 4.69) is 15.5 Å². The standard InChI is InChI=1S/C9H11N5/c1-6-3-7(5-8(10)4-6)9-11-12-13-14(9)2/h3-5H,10H2,1-2H3. The second kappa shape index (κ2) is 3.10. The third kappa shape index (κ3) is 1.44. The number of hydrogen-bond acceptors (Lipinski definition) is 4. The molecule has 0 fully saturated rings. The molecule has 72 valence electrons. The lowest BCUT2D eigenvalue weighted by atomic mass is 10.1. The summed E-state index contributed by atoms with van der Waals surface area (Å²) in [4.78, 5) is 0. The number of nitrogen functional groups attached to an aromatic ring is 1. The van der Waals surface area contributed by atoms with Crippen LogP contribution in [0.25, 0.3) is 11.4 Å². The molecule has 2 rings (SSSR count). The fourth-order valence-corrected chi connectivity index (χ4v) is 1.42. The topological polar surface area (TPSA) is 69.6 Å². The SMILES string of the molecule is Cc1cc(N)cc(-c2nnnn2C)c1. The van der Waals surface area contributed by atoms with Crippen molar-refractivity contribution in [3.05, 3.63) is 23.8 Å². The molecule has 1 heterocycles. The molecule has 2 N–H and O–H groups in total. The highest BCUT2D eigenvalue weighted by molar-refractivity contribution is 5.62. The second-order valence-corrected chi connectivity index (χ2v) is 3.26. The first-order valence-corrected chi connectivity index (χ1v) is 4.27. The van der Waals surface area contributed by atoms with Gasteiger partial charge in [0.25, 0.3) is 0 Å². The number of hydrogen-bond donors (Lipinski definition) is 1. The first-order chi connectivity index (χ1) is 6.66. The van der Waals surface area contributed by atoms with Crippen molar-refractivity contribution in [2.75, 3.05) is 5.73 Å². The minimum Gasteiger partial charge on any atom is -0.399 e. The van der Waals surface area contributed by atoms with Crippen molar-refractivity contribution in [2.45, 2.75) is 6.92 Å². The van der Waals surface area contributed by atoms with Gasteiger partial charge < -0.3 is 5.73 Å². The van der Waals surface area contributed by atoms with E-state index in [0.29, 0.717) is 0 Å². The van der Waals surface area contributed by atoms with Gasteiger partial charge >= 0.3 is 0 Å². The first-order valence-electron chi connectivity index (χ1n) is 4.27. The molecule has 0 saturated carbocycles. The number of tetrazole rings is 1. The zero-order valence-corrected chi connectivity index (χ0v) is 8.10. The maximum atomic E-state index is 5.74. The van der Waals surface area contributed by atoms with Crippen LogP contribution in [-0.2, 0) is 7.05 Å².